The Hall–Kier alpha value is -2.14. The molecule has 0 N–H and O–H groups in total. The van der Waals surface area contributed by atoms with Crippen LogP contribution in [-0.2, 0) is 0 Å². The Labute approximate surface area is 127 Å². The topological polar surface area (TPSA) is 43.1 Å². The zero-order valence-corrected chi connectivity index (χ0v) is 12.8. The van der Waals surface area contributed by atoms with E-state index in [2.05, 4.69) is 39.4 Å². The standard InChI is InChI=1S/C16H16N4S/c1-12-11-13(2)20-15(17-12)18-16(19-20)21-10-6-9-14-7-4-3-5-8-14/h3-9,11H,10H2,1-2H3. The van der Waals surface area contributed by atoms with Crippen LogP contribution < -0.4 is 0 Å². The third kappa shape index (κ3) is 3.31. The quantitative estimate of drug-likeness (QED) is 0.691. The third-order valence-electron chi connectivity index (χ3n) is 3.02. The molecule has 0 saturated heterocycles. The third-order valence-corrected chi connectivity index (χ3v) is 3.81. The molecule has 0 radical (unpaired) electrons. The van der Waals surface area contributed by atoms with Crippen LogP contribution in [0.2, 0.25) is 0 Å². The molecule has 0 aliphatic carbocycles. The highest BCUT2D eigenvalue weighted by molar-refractivity contribution is 7.99. The SMILES string of the molecule is Cc1cc(C)n2nc(SCC=Cc3ccccc3)nc2n1. The fourth-order valence-electron chi connectivity index (χ4n) is 2.08. The molecule has 0 atom stereocenters. The Balaban J connectivity index is 1.68. The second-order valence-corrected chi connectivity index (χ2v) is 5.76. The molecular weight excluding hydrogens is 280 g/mol. The van der Waals surface area contributed by atoms with Gasteiger partial charge in [-0.25, -0.2) is 9.50 Å². The van der Waals surface area contributed by atoms with Crippen molar-refractivity contribution in [3.63, 3.8) is 0 Å². The maximum absolute atomic E-state index is 4.47. The van der Waals surface area contributed by atoms with Gasteiger partial charge >= 0.3 is 0 Å². The van der Waals surface area contributed by atoms with Gasteiger partial charge in [-0.2, -0.15) is 4.98 Å². The largest absolute Gasteiger partial charge is 0.253 e. The van der Waals surface area contributed by atoms with E-state index in [-0.39, 0.29) is 0 Å². The summed E-state index contributed by atoms with van der Waals surface area (Å²) in [5.41, 5.74) is 3.22. The lowest BCUT2D eigenvalue weighted by Gasteiger charge is -1.97. The van der Waals surface area contributed by atoms with Crippen molar-refractivity contribution in [3.8, 4) is 0 Å². The average Bonchev–Trinajstić information content (AvgIpc) is 2.88. The zero-order chi connectivity index (χ0) is 14.7. The second-order valence-electron chi connectivity index (χ2n) is 4.77. The summed E-state index contributed by atoms with van der Waals surface area (Å²) >= 11 is 1.61. The van der Waals surface area contributed by atoms with Gasteiger partial charge in [-0.15, -0.1) is 5.10 Å². The van der Waals surface area contributed by atoms with E-state index in [1.54, 1.807) is 16.3 Å². The van der Waals surface area contributed by atoms with Gasteiger partial charge in [-0.1, -0.05) is 54.2 Å². The number of hydrogen-bond donors (Lipinski definition) is 0. The summed E-state index contributed by atoms with van der Waals surface area (Å²) in [7, 11) is 0. The number of nitrogens with zero attached hydrogens (tertiary/aromatic N) is 4. The van der Waals surface area contributed by atoms with Crippen LogP contribution in [0.15, 0.2) is 47.6 Å². The Kier molecular flexibility index (Phi) is 4.01. The maximum Gasteiger partial charge on any atom is 0.253 e. The summed E-state index contributed by atoms with van der Waals surface area (Å²) < 4.78 is 1.79. The lowest BCUT2D eigenvalue weighted by molar-refractivity contribution is 0.843. The summed E-state index contributed by atoms with van der Waals surface area (Å²) in [5.74, 6) is 1.51. The Morgan fingerprint density at radius 2 is 1.95 bits per heavy atom. The molecular formula is C16H16N4S. The van der Waals surface area contributed by atoms with Crippen molar-refractivity contribution in [2.45, 2.75) is 19.0 Å². The van der Waals surface area contributed by atoms with Crippen molar-refractivity contribution in [2.24, 2.45) is 0 Å². The van der Waals surface area contributed by atoms with Crippen LogP contribution >= 0.6 is 11.8 Å². The highest BCUT2D eigenvalue weighted by Gasteiger charge is 2.07. The summed E-state index contributed by atoms with van der Waals surface area (Å²) in [6.07, 6.45) is 4.23. The minimum Gasteiger partial charge on any atom is -0.216 e. The van der Waals surface area contributed by atoms with Crippen molar-refractivity contribution in [1.29, 1.82) is 0 Å². The number of rotatable bonds is 4. The second kappa shape index (κ2) is 6.10. The first-order valence-corrected chi connectivity index (χ1v) is 7.76. The molecule has 0 aliphatic rings. The first kappa shape index (κ1) is 13.8. The van der Waals surface area contributed by atoms with Gasteiger partial charge in [0.05, 0.1) is 0 Å². The predicted octanol–water partition coefficient (Wildman–Crippen LogP) is 3.55. The van der Waals surface area contributed by atoms with Crippen molar-refractivity contribution in [3.05, 3.63) is 59.4 Å². The molecule has 3 rings (SSSR count). The molecule has 0 bridgehead atoms. The molecule has 1 aromatic carbocycles. The molecule has 3 aromatic rings. The van der Waals surface area contributed by atoms with Crippen LogP contribution in [0.1, 0.15) is 17.0 Å². The highest BCUT2D eigenvalue weighted by atomic mass is 32.2. The van der Waals surface area contributed by atoms with Gasteiger partial charge in [0, 0.05) is 17.1 Å². The van der Waals surface area contributed by atoms with Crippen LogP contribution in [0.4, 0.5) is 0 Å². The minimum absolute atomic E-state index is 0.669. The van der Waals surface area contributed by atoms with Crippen LogP contribution in [0.25, 0.3) is 11.9 Å². The number of aromatic nitrogens is 4. The van der Waals surface area contributed by atoms with E-state index in [1.165, 1.54) is 5.56 Å². The van der Waals surface area contributed by atoms with E-state index < -0.39 is 0 Å². The molecule has 0 unspecified atom stereocenters. The number of fused-ring (bicyclic) bond motifs is 1. The summed E-state index contributed by atoms with van der Waals surface area (Å²) in [5, 5.41) is 5.23. The van der Waals surface area contributed by atoms with Gasteiger partial charge in [-0.05, 0) is 25.5 Å². The molecule has 0 fully saturated rings. The smallest absolute Gasteiger partial charge is 0.216 e. The van der Waals surface area contributed by atoms with Crippen molar-refractivity contribution in [2.75, 3.05) is 5.75 Å². The Morgan fingerprint density at radius 3 is 2.76 bits per heavy atom. The number of hydrogen-bond acceptors (Lipinski definition) is 4. The van der Waals surface area contributed by atoms with Gasteiger partial charge in [0.2, 0.25) is 5.16 Å². The Bertz CT molecular complexity index is 778. The number of aryl methyl sites for hydroxylation is 2. The van der Waals surface area contributed by atoms with E-state index in [0.29, 0.717) is 5.78 Å². The molecule has 21 heavy (non-hydrogen) atoms. The van der Waals surface area contributed by atoms with Gasteiger partial charge < -0.3 is 0 Å². The lowest BCUT2D eigenvalue weighted by Crippen LogP contribution is -1.97. The van der Waals surface area contributed by atoms with Crippen LogP contribution in [-0.4, -0.2) is 25.3 Å². The average molecular weight is 296 g/mol. The Morgan fingerprint density at radius 1 is 1.14 bits per heavy atom. The molecule has 5 heteroatoms. The van der Waals surface area contributed by atoms with E-state index in [4.69, 9.17) is 0 Å². The van der Waals surface area contributed by atoms with Gasteiger partial charge in [0.25, 0.3) is 5.78 Å². The summed E-state index contributed by atoms with van der Waals surface area (Å²) in [6.45, 7) is 3.98. The zero-order valence-electron chi connectivity index (χ0n) is 12.0. The molecule has 4 nitrogen and oxygen atoms in total. The van der Waals surface area contributed by atoms with E-state index in [9.17, 15) is 0 Å². The maximum atomic E-state index is 4.47. The predicted molar refractivity (Wildman–Crippen MR) is 86.5 cm³/mol. The molecule has 0 aliphatic heterocycles. The van der Waals surface area contributed by atoms with Crippen molar-refractivity contribution >= 4 is 23.6 Å². The molecule has 2 heterocycles. The molecule has 106 valence electrons. The fraction of sp³-hybridized carbons (Fsp3) is 0.188. The first-order chi connectivity index (χ1) is 10.2. The fourth-order valence-corrected chi connectivity index (χ4v) is 2.71. The molecule has 0 saturated carbocycles. The number of thioether (sulfide) groups is 1. The van der Waals surface area contributed by atoms with E-state index in [1.807, 2.05) is 38.1 Å². The molecule has 2 aromatic heterocycles. The monoisotopic (exact) mass is 296 g/mol. The van der Waals surface area contributed by atoms with Crippen LogP contribution in [0, 0.1) is 13.8 Å². The first-order valence-electron chi connectivity index (χ1n) is 6.78. The lowest BCUT2D eigenvalue weighted by atomic mass is 10.2. The molecule has 0 amide bonds. The van der Waals surface area contributed by atoms with E-state index in [0.717, 1.165) is 22.3 Å². The molecule has 0 spiro atoms. The van der Waals surface area contributed by atoms with Crippen molar-refractivity contribution in [1.82, 2.24) is 19.6 Å². The van der Waals surface area contributed by atoms with Gasteiger partial charge in [0.1, 0.15) is 0 Å². The van der Waals surface area contributed by atoms with Gasteiger partial charge in [-0.3, -0.25) is 0 Å². The summed E-state index contributed by atoms with van der Waals surface area (Å²) in [6, 6.07) is 12.3. The normalized spacial score (nSPS) is 11.5. The minimum atomic E-state index is 0.669. The van der Waals surface area contributed by atoms with Crippen LogP contribution in [0.5, 0.6) is 0 Å². The highest BCUT2D eigenvalue weighted by Crippen LogP contribution is 2.16. The van der Waals surface area contributed by atoms with Gasteiger partial charge in [0.15, 0.2) is 0 Å². The van der Waals surface area contributed by atoms with Crippen LogP contribution in [0.3, 0.4) is 0 Å². The summed E-state index contributed by atoms with van der Waals surface area (Å²) in [4.78, 5) is 8.84. The van der Waals surface area contributed by atoms with Crippen molar-refractivity contribution < 1.29 is 0 Å². The number of benzene rings is 1. The van der Waals surface area contributed by atoms with E-state index >= 15 is 0 Å².